The number of carbonyl (C=O) groups excluding carboxylic acids is 1. The number of nitrogens with one attached hydrogen (secondary N) is 2. The Bertz CT molecular complexity index is 586. The molecule has 2 aromatic rings. The highest BCUT2D eigenvalue weighted by Gasteiger charge is 2.08. The SMILES string of the molecule is CNc1cncc(C(=O)NCc2ccc(OC)nc2)n1. The summed E-state index contributed by atoms with van der Waals surface area (Å²) < 4.78 is 4.97. The summed E-state index contributed by atoms with van der Waals surface area (Å²) in [5.41, 5.74) is 1.13. The van der Waals surface area contributed by atoms with Gasteiger partial charge in [-0.2, -0.15) is 0 Å². The van der Waals surface area contributed by atoms with E-state index in [4.69, 9.17) is 4.74 Å². The van der Waals surface area contributed by atoms with Gasteiger partial charge in [-0.1, -0.05) is 6.07 Å². The van der Waals surface area contributed by atoms with Crippen molar-refractivity contribution in [1.29, 1.82) is 0 Å². The molecule has 20 heavy (non-hydrogen) atoms. The summed E-state index contributed by atoms with van der Waals surface area (Å²) in [7, 11) is 3.27. The van der Waals surface area contributed by atoms with E-state index in [0.29, 0.717) is 18.2 Å². The van der Waals surface area contributed by atoms with Crippen molar-refractivity contribution in [3.8, 4) is 5.88 Å². The Balaban J connectivity index is 1.97. The normalized spacial score (nSPS) is 9.90. The van der Waals surface area contributed by atoms with Gasteiger partial charge in [0, 0.05) is 25.9 Å². The number of hydrogen-bond acceptors (Lipinski definition) is 6. The van der Waals surface area contributed by atoms with Crippen LogP contribution in [0.5, 0.6) is 5.88 Å². The molecule has 0 bridgehead atoms. The van der Waals surface area contributed by atoms with Gasteiger partial charge in [0.05, 0.1) is 19.5 Å². The van der Waals surface area contributed by atoms with Crippen LogP contribution in [0.2, 0.25) is 0 Å². The van der Waals surface area contributed by atoms with Crippen LogP contribution in [0.4, 0.5) is 5.82 Å². The van der Waals surface area contributed by atoms with Gasteiger partial charge in [0.25, 0.3) is 5.91 Å². The van der Waals surface area contributed by atoms with E-state index in [2.05, 4.69) is 25.6 Å². The Morgan fingerprint density at radius 2 is 2.15 bits per heavy atom. The van der Waals surface area contributed by atoms with E-state index in [-0.39, 0.29) is 11.6 Å². The average molecular weight is 273 g/mol. The molecule has 2 heterocycles. The molecule has 0 fully saturated rings. The molecule has 2 aromatic heterocycles. The number of anilines is 1. The van der Waals surface area contributed by atoms with Crippen LogP contribution < -0.4 is 15.4 Å². The van der Waals surface area contributed by atoms with E-state index in [1.165, 1.54) is 6.20 Å². The van der Waals surface area contributed by atoms with E-state index >= 15 is 0 Å². The van der Waals surface area contributed by atoms with Crippen molar-refractivity contribution in [3.05, 3.63) is 42.0 Å². The number of methoxy groups -OCH3 is 1. The molecule has 1 amide bonds. The van der Waals surface area contributed by atoms with Crippen molar-refractivity contribution >= 4 is 11.7 Å². The Morgan fingerprint density at radius 3 is 2.80 bits per heavy atom. The number of hydrogen-bond donors (Lipinski definition) is 2. The van der Waals surface area contributed by atoms with E-state index in [9.17, 15) is 4.79 Å². The van der Waals surface area contributed by atoms with E-state index in [0.717, 1.165) is 5.56 Å². The lowest BCUT2D eigenvalue weighted by Gasteiger charge is -2.06. The average Bonchev–Trinajstić information content (AvgIpc) is 2.53. The molecule has 0 aromatic carbocycles. The predicted molar refractivity (Wildman–Crippen MR) is 73.5 cm³/mol. The maximum Gasteiger partial charge on any atom is 0.271 e. The molecular weight excluding hydrogens is 258 g/mol. The minimum Gasteiger partial charge on any atom is -0.481 e. The van der Waals surface area contributed by atoms with Crippen molar-refractivity contribution in [3.63, 3.8) is 0 Å². The summed E-state index contributed by atoms with van der Waals surface area (Å²) >= 11 is 0. The minimum atomic E-state index is -0.287. The molecule has 0 atom stereocenters. The lowest BCUT2D eigenvalue weighted by Crippen LogP contribution is -2.24. The lowest BCUT2D eigenvalue weighted by molar-refractivity contribution is 0.0945. The van der Waals surface area contributed by atoms with Crippen LogP contribution in [0.3, 0.4) is 0 Å². The first-order valence-electron chi connectivity index (χ1n) is 6.00. The summed E-state index contributed by atoms with van der Waals surface area (Å²) in [5, 5.41) is 5.59. The van der Waals surface area contributed by atoms with Crippen LogP contribution in [0.25, 0.3) is 0 Å². The highest BCUT2D eigenvalue weighted by molar-refractivity contribution is 5.92. The first kappa shape index (κ1) is 13.7. The summed E-state index contributed by atoms with van der Waals surface area (Å²) in [5.74, 6) is 0.793. The Morgan fingerprint density at radius 1 is 1.30 bits per heavy atom. The van der Waals surface area contributed by atoms with Crippen molar-refractivity contribution in [2.24, 2.45) is 0 Å². The molecular formula is C13H15N5O2. The zero-order chi connectivity index (χ0) is 14.4. The Labute approximate surface area is 116 Å². The second-order valence-corrected chi connectivity index (χ2v) is 3.93. The second-order valence-electron chi connectivity index (χ2n) is 3.93. The van der Waals surface area contributed by atoms with Crippen molar-refractivity contribution in [2.45, 2.75) is 6.54 Å². The molecule has 0 radical (unpaired) electrons. The Hall–Kier alpha value is -2.70. The fraction of sp³-hybridized carbons (Fsp3) is 0.231. The molecule has 0 unspecified atom stereocenters. The highest BCUT2D eigenvalue weighted by atomic mass is 16.5. The predicted octanol–water partition coefficient (Wildman–Crippen LogP) is 0.852. The number of nitrogens with zero attached hydrogens (tertiary/aromatic N) is 3. The molecule has 104 valence electrons. The van der Waals surface area contributed by atoms with Gasteiger partial charge < -0.3 is 15.4 Å². The number of aromatic nitrogens is 3. The summed E-state index contributed by atoms with van der Waals surface area (Å²) in [4.78, 5) is 24.0. The maximum absolute atomic E-state index is 11.9. The fourth-order valence-electron chi connectivity index (χ4n) is 1.50. The van der Waals surface area contributed by atoms with Gasteiger partial charge in [-0.15, -0.1) is 0 Å². The molecule has 2 rings (SSSR count). The molecule has 7 heteroatoms. The largest absolute Gasteiger partial charge is 0.481 e. The third-order valence-corrected chi connectivity index (χ3v) is 2.58. The Kier molecular flexibility index (Phi) is 4.43. The zero-order valence-corrected chi connectivity index (χ0v) is 11.3. The molecule has 0 spiro atoms. The maximum atomic E-state index is 11.9. The molecule has 7 nitrogen and oxygen atoms in total. The van der Waals surface area contributed by atoms with Gasteiger partial charge in [-0.05, 0) is 5.56 Å². The van der Waals surface area contributed by atoms with Crippen LogP contribution in [0.1, 0.15) is 16.1 Å². The standard InChI is InChI=1S/C13H15N5O2/c1-14-11-8-15-7-10(18-11)13(19)17-6-9-3-4-12(20-2)16-5-9/h3-5,7-8H,6H2,1-2H3,(H,14,18)(H,17,19). The molecule has 0 saturated carbocycles. The van der Waals surface area contributed by atoms with E-state index < -0.39 is 0 Å². The molecule has 0 aliphatic rings. The van der Waals surface area contributed by atoms with E-state index in [1.54, 1.807) is 32.6 Å². The van der Waals surface area contributed by atoms with Gasteiger partial charge >= 0.3 is 0 Å². The smallest absolute Gasteiger partial charge is 0.271 e. The van der Waals surface area contributed by atoms with Crippen LogP contribution >= 0.6 is 0 Å². The van der Waals surface area contributed by atoms with Crippen LogP contribution in [0, 0.1) is 0 Å². The minimum absolute atomic E-state index is 0.262. The van der Waals surface area contributed by atoms with Crippen LogP contribution in [-0.4, -0.2) is 35.0 Å². The van der Waals surface area contributed by atoms with Gasteiger partial charge in [0.1, 0.15) is 11.5 Å². The molecule has 2 N–H and O–H groups in total. The summed E-state index contributed by atoms with van der Waals surface area (Å²) in [6, 6.07) is 3.57. The molecule has 0 aliphatic heterocycles. The van der Waals surface area contributed by atoms with Crippen LogP contribution in [0.15, 0.2) is 30.7 Å². The number of ether oxygens (including phenoxy) is 1. The molecule has 0 aliphatic carbocycles. The van der Waals surface area contributed by atoms with Crippen molar-refractivity contribution in [1.82, 2.24) is 20.3 Å². The summed E-state index contributed by atoms with van der Waals surface area (Å²) in [6.45, 7) is 0.362. The van der Waals surface area contributed by atoms with Gasteiger partial charge in [-0.3, -0.25) is 9.78 Å². The van der Waals surface area contributed by atoms with Gasteiger partial charge in [0.15, 0.2) is 0 Å². The van der Waals surface area contributed by atoms with Gasteiger partial charge in [0.2, 0.25) is 5.88 Å². The lowest BCUT2D eigenvalue weighted by atomic mass is 10.3. The topological polar surface area (TPSA) is 89.0 Å². The van der Waals surface area contributed by atoms with Crippen molar-refractivity contribution < 1.29 is 9.53 Å². The monoisotopic (exact) mass is 273 g/mol. The highest BCUT2D eigenvalue weighted by Crippen LogP contribution is 2.06. The number of amides is 1. The summed E-state index contributed by atoms with van der Waals surface area (Å²) in [6.07, 6.45) is 4.61. The quantitative estimate of drug-likeness (QED) is 0.839. The third kappa shape index (κ3) is 3.41. The van der Waals surface area contributed by atoms with Crippen molar-refractivity contribution in [2.75, 3.05) is 19.5 Å². The van der Waals surface area contributed by atoms with Gasteiger partial charge in [-0.25, -0.2) is 9.97 Å². The second kappa shape index (κ2) is 6.46. The first-order valence-corrected chi connectivity index (χ1v) is 6.00. The third-order valence-electron chi connectivity index (χ3n) is 2.58. The number of rotatable bonds is 5. The molecule has 0 saturated heterocycles. The van der Waals surface area contributed by atoms with Crippen LogP contribution in [-0.2, 0) is 6.54 Å². The first-order chi connectivity index (χ1) is 9.72. The fourth-order valence-corrected chi connectivity index (χ4v) is 1.50. The number of carbonyl (C=O) groups is 1. The van der Waals surface area contributed by atoms with E-state index in [1.807, 2.05) is 6.07 Å². The number of pyridine rings is 1. The zero-order valence-electron chi connectivity index (χ0n) is 11.3.